The van der Waals surface area contributed by atoms with Crippen molar-refractivity contribution in [2.45, 2.75) is 26.3 Å². The minimum Gasteiger partial charge on any atom is -0.347 e. The average Bonchev–Trinajstić information content (AvgIpc) is 2.92. The van der Waals surface area contributed by atoms with Crippen LogP contribution in [0.15, 0.2) is 35.1 Å². The quantitative estimate of drug-likeness (QED) is 0.907. The highest BCUT2D eigenvalue weighted by molar-refractivity contribution is 9.10. The summed E-state index contributed by atoms with van der Waals surface area (Å²) in [6.45, 7) is 3.98. The Hall–Kier alpha value is -1.62. The molecule has 1 unspecified atom stereocenters. The molecule has 0 saturated carbocycles. The van der Waals surface area contributed by atoms with Crippen molar-refractivity contribution in [3.05, 3.63) is 52.0 Å². The molecule has 19 heavy (non-hydrogen) atoms. The van der Waals surface area contributed by atoms with Gasteiger partial charge in [0.25, 0.3) is 5.91 Å². The monoisotopic (exact) mass is 321 g/mol. The van der Waals surface area contributed by atoms with Gasteiger partial charge in [-0.2, -0.15) is 0 Å². The number of halogens is 1. The van der Waals surface area contributed by atoms with Gasteiger partial charge in [0.1, 0.15) is 5.82 Å². The lowest BCUT2D eigenvalue weighted by Gasteiger charge is -2.15. The summed E-state index contributed by atoms with van der Waals surface area (Å²) in [4.78, 5) is 19.4. The number of aryl methyl sites for hydroxylation is 1. The maximum Gasteiger partial charge on any atom is 0.251 e. The van der Waals surface area contributed by atoms with E-state index in [1.54, 1.807) is 18.5 Å². The molecule has 0 aliphatic heterocycles. The fourth-order valence-corrected chi connectivity index (χ4v) is 2.11. The summed E-state index contributed by atoms with van der Waals surface area (Å²) >= 11 is 3.43. The van der Waals surface area contributed by atoms with Gasteiger partial charge in [-0.25, -0.2) is 4.98 Å². The number of benzene rings is 1. The van der Waals surface area contributed by atoms with Gasteiger partial charge >= 0.3 is 0 Å². The molecule has 4 nitrogen and oxygen atoms in total. The van der Waals surface area contributed by atoms with Crippen LogP contribution < -0.4 is 5.32 Å². The number of H-pyrrole nitrogens is 1. The summed E-state index contributed by atoms with van der Waals surface area (Å²) in [5.41, 5.74) is 1.70. The van der Waals surface area contributed by atoms with E-state index in [1.165, 1.54) is 0 Å². The minimum absolute atomic E-state index is 0.0844. The Morgan fingerprint density at radius 2 is 2.32 bits per heavy atom. The molecule has 0 fully saturated rings. The molecule has 5 heteroatoms. The summed E-state index contributed by atoms with van der Waals surface area (Å²) in [6.07, 6.45) is 4.23. The lowest BCUT2D eigenvalue weighted by molar-refractivity contribution is 0.0934. The van der Waals surface area contributed by atoms with Crippen molar-refractivity contribution in [3.8, 4) is 0 Å². The van der Waals surface area contributed by atoms with E-state index < -0.39 is 0 Å². The molecule has 1 atom stereocenters. The molecule has 2 aromatic rings. The number of amides is 1. The average molecular weight is 322 g/mol. The fraction of sp³-hybridized carbons (Fsp3) is 0.286. The first-order valence-corrected chi connectivity index (χ1v) is 6.97. The number of aromatic nitrogens is 2. The topological polar surface area (TPSA) is 57.8 Å². The maximum atomic E-state index is 12.2. The summed E-state index contributed by atoms with van der Waals surface area (Å²) in [5.74, 6) is 0.698. The SMILES string of the molecule is CCC(NC(=O)c1ccc(Br)c(C)c1)c1ncc[nH]1. The van der Waals surface area contributed by atoms with E-state index in [0.717, 1.165) is 22.3 Å². The van der Waals surface area contributed by atoms with E-state index >= 15 is 0 Å². The Kier molecular flexibility index (Phi) is 4.37. The predicted molar refractivity (Wildman–Crippen MR) is 78.0 cm³/mol. The molecule has 0 aliphatic carbocycles. The van der Waals surface area contributed by atoms with Crippen molar-refractivity contribution in [3.63, 3.8) is 0 Å². The molecule has 0 aliphatic rings. The van der Waals surface area contributed by atoms with Crippen molar-refractivity contribution in [2.75, 3.05) is 0 Å². The maximum absolute atomic E-state index is 12.2. The molecular weight excluding hydrogens is 306 g/mol. The number of aromatic amines is 1. The van der Waals surface area contributed by atoms with Gasteiger partial charge in [-0.15, -0.1) is 0 Å². The van der Waals surface area contributed by atoms with E-state index in [-0.39, 0.29) is 11.9 Å². The van der Waals surface area contributed by atoms with Gasteiger partial charge in [-0.05, 0) is 37.1 Å². The van der Waals surface area contributed by atoms with Crippen molar-refractivity contribution in [1.82, 2.24) is 15.3 Å². The minimum atomic E-state index is -0.0912. The van der Waals surface area contributed by atoms with E-state index in [4.69, 9.17) is 0 Å². The number of imidazole rings is 1. The third-order valence-electron chi connectivity index (χ3n) is 2.98. The van der Waals surface area contributed by atoms with Crippen LogP contribution in [0.3, 0.4) is 0 Å². The second kappa shape index (κ2) is 6.02. The zero-order valence-corrected chi connectivity index (χ0v) is 12.5. The molecule has 1 heterocycles. The van der Waals surface area contributed by atoms with Crippen molar-refractivity contribution in [1.29, 1.82) is 0 Å². The molecule has 0 saturated heterocycles. The van der Waals surface area contributed by atoms with Crippen LogP contribution >= 0.6 is 15.9 Å². The van der Waals surface area contributed by atoms with Crippen molar-refractivity contribution >= 4 is 21.8 Å². The number of rotatable bonds is 4. The van der Waals surface area contributed by atoms with Crippen LogP contribution in [-0.2, 0) is 0 Å². The molecule has 0 bridgehead atoms. The normalized spacial score (nSPS) is 12.2. The van der Waals surface area contributed by atoms with Crippen LogP contribution in [0.2, 0.25) is 0 Å². The zero-order valence-electron chi connectivity index (χ0n) is 10.9. The van der Waals surface area contributed by atoms with Crippen LogP contribution in [0.1, 0.15) is 41.1 Å². The third-order valence-corrected chi connectivity index (χ3v) is 3.87. The van der Waals surface area contributed by atoms with Crippen LogP contribution in [0, 0.1) is 6.92 Å². The van der Waals surface area contributed by atoms with E-state index in [0.29, 0.717) is 5.56 Å². The summed E-state index contributed by atoms with van der Waals surface area (Å²) in [6, 6.07) is 5.47. The molecular formula is C14H16BrN3O. The molecule has 1 aromatic carbocycles. The van der Waals surface area contributed by atoms with Gasteiger partial charge in [0, 0.05) is 22.4 Å². The Labute approximate surface area is 120 Å². The highest BCUT2D eigenvalue weighted by atomic mass is 79.9. The number of hydrogen-bond acceptors (Lipinski definition) is 2. The molecule has 1 amide bonds. The molecule has 0 spiro atoms. The van der Waals surface area contributed by atoms with Gasteiger partial charge in [-0.1, -0.05) is 22.9 Å². The first-order chi connectivity index (χ1) is 9.11. The number of carbonyl (C=O) groups is 1. The smallest absolute Gasteiger partial charge is 0.251 e. The second-order valence-electron chi connectivity index (χ2n) is 4.37. The Bertz CT molecular complexity index is 566. The van der Waals surface area contributed by atoms with Gasteiger partial charge in [0.2, 0.25) is 0 Å². The molecule has 2 N–H and O–H groups in total. The van der Waals surface area contributed by atoms with Crippen LogP contribution in [0.4, 0.5) is 0 Å². The summed E-state index contributed by atoms with van der Waals surface area (Å²) in [5, 5.41) is 2.98. The Morgan fingerprint density at radius 3 is 2.89 bits per heavy atom. The highest BCUT2D eigenvalue weighted by Crippen LogP contribution is 2.18. The Morgan fingerprint density at radius 1 is 1.53 bits per heavy atom. The molecule has 2 rings (SSSR count). The Balaban J connectivity index is 2.13. The highest BCUT2D eigenvalue weighted by Gasteiger charge is 2.16. The van der Waals surface area contributed by atoms with Crippen molar-refractivity contribution < 1.29 is 4.79 Å². The third kappa shape index (κ3) is 3.23. The van der Waals surface area contributed by atoms with Gasteiger partial charge in [-0.3, -0.25) is 4.79 Å². The summed E-state index contributed by atoms with van der Waals surface area (Å²) < 4.78 is 1.00. The first kappa shape index (κ1) is 13.8. The van der Waals surface area contributed by atoms with Crippen LogP contribution in [0.25, 0.3) is 0 Å². The lowest BCUT2D eigenvalue weighted by atomic mass is 10.1. The lowest BCUT2D eigenvalue weighted by Crippen LogP contribution is -2.28. The largest absolute Gasteiger partial charge is 0.347 e. The van der Waals surface area contributed by atoms with Crippen LogP contribution in [-0.4, -0.2) is 15.9 Å². The second-order valence-corrected chi connectivity index (χ2v) is 5.23. The van der Waals surface area contributed by atoms with Gasteiger partial charge in [0.15, 0.2) is 0 Å². The molecule has 1 aromatic heterocycles. The standard InChI is InChI=1S/C14H16BrN3O/c1-3-12(13-16-6-7-17-13)18-14(19)10-4-5-11(15)9(2)8-10/h4-8,12H,3H2,1-2H3,(H,16,17)(H,18,19). The molecule has 0 radical (unpaired) electrons. The van der Waals surface area contributed by atoms with Crippen molar-refractivity contribution in [2.24, 2.45) is 0 Å². The van der Waals surface area contributed by atoms with E-state index in [1.807, 2.05) is 26.0 Å². The number of nitrogens with zero attached hydrogens (tertiary/aromatic N) is 1. The zero-order chi connectivity index (χ0) is 13.8. The number of carbonyl (C=O) groups excluding carboxylic acids is 1. The number of hydrogen-bond donors (Lipinski definition) is 2. The number of nitrogens with one attached hydrogen (secondary N) is 2. The fourth-order valence-electron chi connectivity index (χ4n) is 1.86. The molecule has 100 valence electrons. The van der Waals surface area contributed by atoms with E-state index in [2.05, 4.69) is 31.2 Å². The first-order valence-electron chi connectivity index (χ1n) is 6.18. The van der Waals surface area contributed by atoms with E-state index in [9.17, 15) is 4.79 Å². The van der Waals surface area contributed by atoms with Gasteiger partial charge in [0.05, 0.1) is 6.04 Å². The predicted octanol–water partition coefficient (Wildman–Crippen LogP) is 3.36. The van der Waals surface area contributed by atoms with Gasteiger partial charge < -0.3 is 10.3 Å². The summed E-state index contributed by atoms with van der Waals surface area (Å²) in [7, 11) is 0. The van der Waals surface area contributed by atoms with Crippen LogP contribution in [0.5, 0.6) is 0 Å².